The largest absolute Gasteiger partial charge is 0.341 e. The van der Waals surface area contributed by atoms with Gasteiger partial charge in [-0.1, -0.05) is 38.1 Å². The van der Waals surface area contributed by atoms with E-state index in [1.54, 1.807) is 0 Å². The number of fused-ring (bicyclic) bond motifs is 1. The molecule has 76 valence electrons. The molecule has 0 atom stereocenters. The summed E-state index contributed by atoms with van der Waals surface area (Å²) in [6, 6.07) is 8.30. The Bertz CT molecular complexity index is 296. The molecule has 0 radical (unpaired) electrons. The zero-order valence-electron chi connectivity index (χ0n) is 8.86. The molecule has 0 aliphatic carbocycles. The lowest BCUT2D eigenvalue weighted by atomic mass is 10.0. The number of hydrogen-bond acceptors (Lipinski definition) is 1. The molecule has 0 spiro atoms. The van der Waals surface area contributed by atoms with Gasteiger partial charge in [0.25, 0.3) is 0 Å². The van der Waals surface area contributed by atoms with E-state index in [0.29, 0.717) is 0 Å². The predicted molar refractivity (Wildman–Crippen MR) is 58.0 cm³/mol. The first-order valence-corrected chi connectivity index (χ1v) is 5.16. The third-order valence-corrected chi connectivity index (χ3v) is 2.31. The lowest BCUT2D eigenvalue weighted by Crippen LogP contribution is -2.28. The molecule has 2 nitrogen and oxygen atoms in total. The first-order valence-electron chi connectivity index (χ1n) is 5.16. The second-order valence-electron chi connectivity index (χ2n) is 3.09. The molecular formula is C12H17NO. The lowest BCUT2D eigenvalue weighted by molar-refractivity contribution is -0.118. The van der Waals surface area contributed by atoms with Gasteiger partial charge in [0.15, 0.2) is 0 Å². The van der Waals surface area contributed by atoms with Crippen molar-refractivity contribution in [1.29, 1.82) is 0 Å². The van der Waals surface area contributed by atoms with Crippen molar-refractivity contribution in [3.05, 3.63) is 35.4 Å². The maximum absolute atomic E-state index is 10.5. The SMILES string of the molecule is CC.O=CN1CCc2ccccc2C1. The van der Waals surface area contributed by atoms with Crippen molar-refractivity contribution < 1.29 is 4.79 Å². The predicted octanol–water partition coefficient (Wildman–Crippen LogP) is 2.23. The number of carbonyl (C=O) groups excluding carboxylic acids is 1. The number of carbonyl (C=O) groups is 1. The third-order valence-electron chi connectivity index (χ3n) is 2.31. The highest BCUT2D eigenvalue weighted by atomic mass is 16.1. The monoisotopic (exact) mass is 191 g/mol. The molecule has 1 aliphatic heterocycles. The van der Waals surface area contributed by atoms with Crippen molar-refractivity contribution in [3.8, 4) is 0 Å². The zero-order valence-corrected chi connectivity index (χ0v) is 8.86. The summed E-state index contributed by atoms with van der Waals surface area (Å²) in [5, 5.41) is 0. The van der Waals surface area contributed by atoms with E-state index in [4.69, 9.17) is 0 Å². The Balaban J connectivity index is 0.000000461. The molecule has 0 saturated heterocycles. The first-order chi connectivity index (χ1) is 6.90. The van der Waals surface area contributed by atoms with Gasteiger partial charge >= 0.3 is 0 Å². The fourth-order valence-corrected chi connectivity index (χ4v) is 1.61. The van der Waals surface area contributed by atoms with Gasteiger partial charge in [-0.25, -0.2) is 0 Å². The Morgan fingerprint density at radius 1 is 1.21 bits per heavy atom. The number of hydrogen-bond donors (Lipinski definition) is 0. The standard InChI is InChI=1S/C10H11NO.C2H6/c12-8-11-6-5-9-3-1-2-4-10(9)7-11;1-2/h1-4,8H,5-7H2;1-2H3. The van der Waals surface area contributed by atoms with Gasteiger partial charge in [0.1, 0.15) is 0 Å². The van der Waals surface area contributed by atoms with Gasteiger partial charge in [0.2, 0.25) is 6.41 Å². The number of nitrogens with zero attached hydrogens (tertiary/aromatic N) is 1. The topological polar surface area (TPSA) is 20.3 Å². The van der Waals surface area contributed by atoms with Crippen LogP contribution in [-0.4, -0.2) is 17.9 Å². The highest BCUT2D eigenvalue weighted by Crippen LogP contribution is 2.16. The quantitative estimate of drug-likeness (QED) is 0.623. The summed E-state index contributed by atoms with van der Waals surface area (Å²) in [6.45, 7) is 5.64. The van der Waals surface area contributed by atoms with Crippen LogP contribution >= 0.6 is 0 Å². The van der Waals surface area contributed by atoms with Crippen LogP contribution in [0.4, 0.5) is 0 Å². The van der Waals surface area contributed by atoms with Crippen molar-refractivity contribution in [2.45, 2.75) is 26.8 Å². The Morgan fingerprint density at radius 2 is 1.86 bits per heavy atom. The Labute approximate surface area is 85.5 Å². The van der Waals surface area contributed by atoms with Crippen LogP contribution in [0.5, 0.6) is 0 Å². The average molecular weight is 191 g/mol. The molecule has 1 heterocycles. The van der Waals surface area contributed by atoms with E-state index in [2.05, 4.69) is 18.2 Å². The van der Waals surface area contributed by atoms with E-state index in [-0.39, 0.29) is 0 Å². The summed E-state index contributed by atoms with van der Waals surface area (Å²) >= 11 is 0. The summed E-state index contributed by atoms with van der Waals surface area (Å²) in [5.74, 6) is 0. The van der Waals surface area contributed by atoms with Crippen LogP contribution in [0.2, 0.25) is 0 Å². The molecule has 2 heteroatoms. The molecule has 14 heavy (non-hydrogen) atoms. The van der Waals surface area contributed by atoms with Crippen molar-refractivity contribution in [2.75, 3.05) is 6.54 Å². The third kappa shape index (κ3) is 2.34. The van der Waals surface area contributed by atoms with E-state index in [0.717, 1.165) is 25.9 Å². The Kier molecular flexibility index (Phi) is 4.17. The number of benzene rings is 1. The molecule has 1 amide bonds. The molecule has 0 saturated carbocycles. The van der Waals surface area contributed by atoms with Gasteiger partial charge < -0.3 is 4.90 Å². The highest BCUT2D eigenvalue weighted by molar-refractivity contribution is 5.49. The fraction of sp³-hybridized carbons (Fsp3) is 0.417. The summed E-state index contributed by atoms with van der Waals surface area (Å²) < 4.78 is 0. The second-order valence-corrected chi connectivity index (χ2v) is 3.09. The van der Waals surface area contributed by atoms with Crippen LogP contribution in [0.3, 0.4) is 0 Å². The molecule has 1 aromatic rings. The molecule has 0 fully saturated rings. The minimum Gasteiger partial charge on any atom is -0.341 e. The van der Waals surface area contributed by atoms with Crippen LogP contribution in [0.25, 0.3) is 0 Å². The summed E-state index contributed by atoms with van der Waals surface area (Å²) in [5.41, 5.74) is 2.67. The van der Waals surface area contributed by atoms with Gasteiger partial charge in [-0.3, -0.25) is 4.79 Å². The molecule has 0 aromatic heterocycles. The van der Waals surface area contributed by atoms with E-state index in [9.17, 15) is 4.79 Å². The van der Waals surface area contributed by atoms with Crippen LogP contribution in [0, 0.1) is 0 Å². The van der Waals surface area contributed by atoms with E-state index >= 15 is 0 Å². The molecule has 1 aromatic carbocycles. The normalized spacial score (nSPS) is 13.7. The van der Waals surface area contributed by atoms with Gasteiger partial charge in [-0.2, -0.15) is 0 Å². The minimum absolute atomic E-state index is 0.777. The second kappa shape index (κ2) is 5.43. The minimum atomic E-state index is 0.777. The maximum atomic E-state index is 10.5. The number of rotatable bonds is 1. The fourth-order valence-electron chi connectivity index (χ4n) is 1.61. The summed E-state index contributed by atoms with van der Waals surface area (Å²) in [4.78, 5) is 12.3. The van der Waals surface area contributed by atoms with Crippen molar-refractivity contribution in [2.24, 2.45) is 0 Å². The zero-order chi connectivity index (χ0) is 10.4. The summed E-state index contributed by atoms with van der Waals surface area (Å²) in [6.07, 6.45) is 1.92. The van der Waals surface area contributed by atoms with Gasteiger partial charge in [-0.15, -0.1) is 0 Å². The Hall–Kier alpha value is -1.31. The van der Waals surface area contributed by atoms with E-state index < -0.39 is 0 Å². The van der Waals surface area contributed by atoms with Crippen molar-refractivity contribution in [1.82, 2.24) is 4.90 Å². The Morgan fingerprint density at radius 3 is 2.50 bits per heavy atom. The van der Waals surface area contributed by atoms with E-state index in [1.807, 2.05) is 24.8 Å². The van der Waals surface area contributed by atoms with Gasteiger partial charge in [-0.05, 0) is 17.5 Å². The highest BCUT2D eigenvalue weighted by Gasteiger charge is 2.12. The van der Waals surface area contributed by atoms with Gasteiger partial charge in [0.05, 0.1) is 0 Å². The average Bonchev–Trinajstić information content (AvgIpc) is 2.31. The first kappa shape index (κ1) is 10.8. The smallest absolute Gasteiger partial charge is 0.210 e. The molecule has 0 unspecified atom stereocenters. The van der Waals surface area contributed by atoms with Crippen LogP contribution in [0.1, 0.15) is 25.0 Å². The molecular weight excluding hydrogens is 174 g/mol. The maximum Gasteiger partial charge on any atom is 0.210 e. The van der Waals surface area contributed by atoms with Crippen LogP contribution in [-0.2, 0) is 17.8 Å². The summed E-state index contributed by atoms with van der Waals surface area (Å²) in [7, 11) is 0. The molecule has 2 rings (SSSR count). The van der Waals surface area contributed by atoms with Crippen LogP contribution in [0.15, 0.2) is 24.3 Å². The molecule has 1 aliphatic rings. The lowest BCUT2D eigenvalue weighted by Gasteiger charge is -2.24. The van der Waals surface area contributed by atoms with Crippen molar-refractivity contribution in [3.63, 3.8) is 0 Å². The van der Waals surface area contributed by atoms with Crippen LogP contribution < -0.4 is 0 Å². The molecule has 0 bridgehead atoms. The molecule has 0 N–H and O–H groups in total. The number of amides is 1. The van der Waals surface area contributed by atoms with E-state index in [1.165, 1.54) is 11.1 Å². The van der Waals surface area contributed by atoms with Crippen molar-refractivity contribution >= 4 is 6.41 Å². The van der Waals surface area contributed by atoms with Gasteiger partial charge in [0, 0.05) is 13.1 Å².